The minimum Gasteiger partial charge on any atom is -0.493 e. The smallest absolute Gasteiger partial charge is 0.229 e. The number of aromatic nitrogens is 3. The molecule has 0 unspecified atom stereocenters. The van der Waals surface area contributed by atoms with Crippen molar-refractivity contribution in [1.29, 1.82) is 0 Å². The molecule has 36 heavy (non-hydrogen) atoms. The average Bonchev–Trinajstić information content (AvgIpc) is 2.88. The van der Waals surface area contributed by atoms with Gasteiger partial charge in [-0.25, -0.2) is 4.98 Å². The van der Waals surface area contributed by atoms with Crippen LogP contribution in [0.2, 0.25) is 0 Å². The second kappa shape index (κ2) is 9.75. The number of anilines is 5. The van der Waals surface area contributed by atoms with Crippen LogP contribution in [0.4, 0.5) is 28.8 Å². The predicted octanol–water partition coefficient (Wildman–Crippen LogP) is 5.64. The van der Waals surface area contributed by atoms with E-state index in [1.807, 2.05) is 66.7 Å². The Kier molecular flexibility index (Phi) is 6.19. The summed E-state index contributed by atoms with van der Waals surface area (Å²) in [5.74, 6) is 2.00. The largest absolute Gasteiger partial charge is 0.493 e. The lowest BCUT2D eigenvalue weighted by molar-refractivity contribution is -0.114. The summed E-state index contributed by atoms with van der Waals surface area (Å²) in [4.78, 5) is 25.2. The highest BCUT2D eigenvalue weighted by molar-refractivity contribution is 5.95. The van der Waals surface area contributed by atoms with Gasteiger partial charge in [0, 0.05) is 47.0 Å². The number of carbonyl (C=O) groups is 1. The van der Waals surface area contributed by atoms with E-state index in [1.165, 1.54) is 6.92 Å². The van der Waals surface area contributed by atoms with Gasteiger partial charge in [-0.1, -0.05) is 6.07 Å². The lowest BCUT2D eigenvalue weighted by atomic mass is 10.2. The van der Waals surface area contributed by atoms with Gasteiger partial charge >= 0.3 is 0 Å². The zero-order valence-corrected chi connectivity index (χ0v) is 20.0. The molecule has 5 aromatic rings. The van der Waals surface area contributed by atoms with Crippen LogP contribution in [0.1, 0.15) is 6.92 Å². The van der Waals surface area contributed by atoms with Crippen LogP contribution in [0.25, 0.3) is 21.8 Å². The fourth-order valence-corrected chi connectivity index (χ4v) is 3.87. The Bertz CT molecular complexity index is 1570. The molecule has 0 aliphatic carbocycles. The lowest BCUT2D eigenvalue weighted by Gasteiger charge is -2.15. The summed E-state index contributed by atoms with van der Waals surface area (Å²) in [6, 6.07) is 20.8. The first kappa shape index (κ1) is 22.9. The topological polar surface area (TPSA) is 110 Å². The first-order valence-electron chi connectivity index (χ1n) is 11.2. The van der Waals surface area contributed by atoms with Gasteiger partial charge in [-0.2, -0.15) is 4.98 Å². The van der Waals surface area contributed by atoms with E-state index in [4.69, 9.17) is 19.4 Å². The minimum absolute atomic E-state index is 0.126. The van der Waals surface area contributed by atoms with E-state index in [1.54, 1.807) is 20.4 Å². The molecule has 3 N–H and O–H groups in total. The van der Waals surface area contributed by atoms with E-state index in [9.17, 15) is 4.79 Å². The van der Waals surface area contributed by atoms with Crippen molar-refractivity contribution in [2.24, 2.45) is 0 Å². The molecular weight excluding hydrogens is 456 g/mol. The Labute approximate surface area is 207 Å². The van der Waals surface area contributed by atoms with E-state index in [2.05, 4.69) is 20.9 Å². The first-order chi connectivity index (χ1) is 17.5. The number of nitrogens with one attached hydrogen (secondary N) is 3. The van der Waals surface area contributed by atoms with Gasteiger partial charge in [0.25, 0.3) is 0 Å². The quantitative estimate of drug-likeness (QED) is 0.274. The lowest BCUT2D eigenvalue weighted by Crippen LogP contribution is -2.06. The molecular formula is C27H24N6O3. The number of pyridine rings is 1. The highest BCUT2D eigenvalue weighted by Gasteiger charge is 2.14. The van der Waals surface area contributed by atoms with Gasteiger partial charge < -0.3 is 25.4 Å². The SMILES string of the molecule is COc1cc2nc(Nc3ccc4ncccc4c3)nc(Nc3ccc(NC(C)=O)cc3)c2cc1OC. The van der Waals surface area contributed by atoms with Crippen LogP contribution in [0.3, 0.4) is 0 Å². The van der Waals surface area contributed by atoms with Crippen molar-refractivity contribution in [3.8, 4) is 11.5 Å². The van der Waals surface area contributed by atoms with Gasteiger partial charge in [-0.15, -0.1) is 0 Å². The molecule has 0 spiro atoms. The molecule has 180 valence electrons. The summed E-state index contributed by atoms with van der Waals surface area (Å²) in [5, 5.41) is 11.2. The van der Waals surface area contributed by atoms with E-state index in [-0.39, 0.29) is 5.91 Å². The van der Waals surface area contributed by atoms with Crippen LogP contribution >= 0.6 is 0 Å². The molecule has 1 amide bonds. The maximum Gasteiger partial charge on any atom is 0.229 e. The number of ether oxygens (including phenoxy) is 2. The second-order valence-electron chi connectivity index (χ2n) is 8.04. The summed E-state index contributed by atoms with van der Waals surface area (Å²) >= 11 is 0. The zero-order chi connectivity index (χ0) is 25.1. The van der Waals surface area contributed by atoms with Gasteiger partial charge in [-0.3, -0.25) is 9.78 Å². The number of carbonyl (C=O) groups excluding carboxylic acids is 1. The molecule has 9 heteroatoms. The van der Waals surface area contributed by atoms with E-state index in [0.29, 0.717) is 34.5 Å². The van der Waals surface area contributed by atoms with Crippen molar-refractivity contribution in [1.82, 2.24) is 15.0 Å². The molecule has 0 saturated heterocycles. The predicted molar refractivity (Wildman–Crippen MR) is 142 cm³/mol. The molecule has 2 aromatic heterocycles. The van der Waals surface area contributed by atoms with Gasteiger partial charge in [0.1, 0.15) is 5.82 Å². The van der Waals surface area contributed by atoms with E-state index in [0.717, 1.165) is 27.7 Å². The third-order valence-electron chi connectivity index (χ3n) is 5.53. The number of hydrogen-bond acceptors (Lipinski definition) is 8. The Balaban J connectivity index is 1.55. The Morgan fingerprint density at radius 1 is 0.778 bits per heavy atom. The second-order valence-corrected chi connectivity index (χ2v) is 8.04. The Hall–Kier alpha value is -4.92. The van der Waals surface area contributed by atoms with E-state index < -0.39 is 0 Å². The van der Waals surface area contributed by atoms with Crippen LogP contribution in [-0.2, 0) is 4.79 Å². The molecule has 0 aliphatic heterocycles. The van der Waals surface area contributed by atoms with E-state index >= 15 is 0 Å². The van der Waals surface area contributed by atoms with Crippen LogP contribution in [0.15, 0.2) is 72.9 Å². The van der Waals surface area contributed by atoms with Crippen molar-refractivity contribution in [3.63, 3.8) is 0 Å². The molecule has 3 aromatic carbocycles. The van der Waals surface area contributed by atoms with Crippen LogP contribution in [-0.4, -0.2) is 35.1 Å². The fraction of sp³-hybridized carbons (Fsp3) is 0.111. The number of methoxy groups -OCH3 is 2. The highest BCUT2D eigenvalue weighted by atomic mass is 16.5. The van der Waals surface area contributed by atoms with Crippen molar-refractivity contribution in [2.45, 2.75) is 6.92 Å². The third-order valence-corrected chi connectivity index (χ3v) is 5.53. The monoisotopic (exact) mass is 480 g/mol. The van der Waals surface area contributed by atoms with Gasteiger partial charge in [0.15, 0.2) is 11.5 Å². The average molecular weight is 481 g/mol. The van der Waals surface area contributed by atoms with Crippen LogP contribution in [0, 0.1) is 0 Å². The highest BCUT2D eigenvalue weighted by Crippen LogP contribution is 2.36. The van der Waals surface area contributed by atoms with Crippen molar-refractivity contribution < 1.29 is 14.3 Å². The number of amides is 1. The maximum absolute atomic E-state index is 11.3. The summed E-state index contributed by atoms with van der Waals surface area (Å²) in [6.45, 7) is 1.47. The molecule has 0 fully saturated rings. The normalized spacial score (nSPS) is 10.8. The molecule has 5 rings (SSSR count). The van der Waals surface area contributed by atoms with Crippen LogP contribution < -0.4 is 25.4 Å². The number of rotatable bonds is 7. The molecule has 0 radical (unpaired) electrons. The molecule has 0 atom stereocenters. The zero-order valence-electron chi connectivity index (χ0n) is 20.0. The first-order valence-corrected chi connectivity index (χ1v) is 11.2. The fourth-order valence-electron chi connectivity index (χ4n) is 3.87. The van der Waals surface area contributed by atoms with Gasteiger partial charge in [-0.05, 0) is 54.6 Å². The molecule has 0 aliphatic rings. The molecule has 2 heterocycles. The van der Waals surface area contributed by atoms with Gasteiger partial charge in [0.05, 0.1) is 25.3 Å². The summed E-state index contributed by atoms with van der Waals surface area (Å²) < 4.78 is 11.0. The minimum atomic E-state index is -0.126. The number of nitrogens with zero attached hydrogens (tertiary/aromatic N) is 3. The molecule has 0 saturated carbocycles. The third kappa shape index (κ3) is 4.80. The number of hydrogen-bond donors (Lipinski definition) is 3. The van der Waals surface area contributed by atoms with Gasteiger partial charge in [0.2, 0.25) is 11.9 Å². The van der Waals surface area contributed by atoms with Crippen molar-refractivity contribution in [2.75, 3.05) is 30.2 Å². The Morgan fingerprint density at radius 2 is 1.50 bits per heavy atom. The maximum atomic E-state index is 11.3. The standard InChI is InChI=1S/C27H24N6O3/c1-16(34)29-18-6-8-19(9-7-18)30-26-21-14-24(35-2)25(36-3)15-23(21)32-27(33-26)31-20-10-11-22-17(13-20)5-4-12-28-22/h4-15H,1-3H3,(H,29,34)(H2,30,31,32,33). The summed E-state index contributed by atoms with van der Waals surface area (Å²) in [7, 11) is 3.17. The van der Waals surface area contributed by atoms with Crippen LogP contribution in [0.5, 0.6) is 11.5 Å². The number of fused-ring (bicyclic) bond motifs is 2. The number of benzene rings is 3. The molecule has 0 bridgehead atoms. The Morgan fingerprint density at radius 3 is 2.25 bits per heavy atom. The summed E-state index contributed by atoms with van der Waals surface area (Å²) in [6.07, 6.45) is 1.77. The summed E-state index contributed by atoms with van der Waals surface area (Å²) in [5.41, 5.74) is 3.91. The van der Waals surface area contributed by atoms with Crippen molar-refractivity contribution >= 4 is 56.5 Å². The van der Waals surface area contributed by atoms with Crippen molar-refractivity contribution in [3.05, 3.63) is 72.9 Å². The molecule has 9 nitrogen and oxygen atoms in total.